The number of benzene rings is 2. The third-order valence-electron chi connectivity index (χ3n) is 3.05. The fourth-order valence-electron chi connectivity index (χ4n) is 2.16. The van der Waals surface area contributed by atoms with E-state index in [2.05, 4.69) is 0 Å². The molecule has 0 fully saturated rings. The number of carbonyl (C=O) groups excluding carboxylic acids is 2. The zero-order valence-electron chi connectivity index (χ0n) is 13.6. The number of ether oxygens (including phenoxy) is 2. The molecule has 0 spiro atoms. The van der Waals surface area contributed by atoms with Gasteiger partial charge in [-0.25, -0.2) is 0 Å². The van der Waals surface area contributed by atoms with Gasteiger partial charge in [0.25, 0.3) is 0 Å². The summed E-state index contributed by atoms with van der Waals surface area (Å²) in [6.45, 7) is 2.34. The molecule has 0 aliphatic heterocycles. The second-order valence-corrected chi connectivity index (χ2v) is 5.02. The molecule has 0 N–H and O–H groups in total. The number of rotatable bonds is 5. The number of carbonyl (C=O) groups is 2. The fourth-order valence-corrected chi connectivity index (χ4v) is 2.16. The molecule has 7 nitrogen and oxygen atoms in total. The standard InChI is InChI=1S/C18H15NO6/c1-12(20)24-16-10-6-9-15(18(16)19(22)23)17(25-13(2)21)11-14-7-4-3-5-8-14/h3-11H,1-2H3. The third kappa shape index (κ3) is 4.74. The summed E-state index contributed by atoms with van der Waals surface area (Å²) in [6, 6.07) is 13.1. The third-order valence-corrected chi connectivity index (χ3v) is 3.05. The van der Waals surface area contributed by atoms with E-state index in [1.807, 2.05) is 6.07 Å². The highest BCUT2D eigenvalue weighted by Gasteiger charge is 2.26. The number of hydrogen-bond donors (Lipinski definition) is 0. The largest absolute Gasteiger partial charge is 0.426 e. The van der Waals surface area contributed by atoms with Crippen LogP contribution in [0.25, 0.3) is 11.8 Å². The topological polar surface area (TPSA) is 95.7 Å². The number of para-hydroxylation sites is 1. The number of hydrogen-bond acceptors (Lipinski definition) is 6. The van der Waals surface area contributed by atoms with E-state index in [0.717, 1.165) is 6.92 Å². The molecule has 0 amide bonds. The fraction of sp³-hybridized carbons (Fsp3) is 0.111. The van der Waals surface area contributed by atoms with Crippen molar-refractivity contribution in [3.63, 3.8) is 0 Å². The molecule has 0 radical (unpaired) electrons. The molecule has 0 bridgehead atoms. The maximum atomic E-state index is 11.5. The van der Waals surface area contributed by atoms with Crippen LogP contribution >= 0.6 is 0 Å². The van der Waals surface area contributed by atoms with Crippen molar-refractivity contribution in [3.05, 3.63) is 69.8 Å². The number of nitro groups is 1. The Hall–Kier alpha value is -3.48. The SMILES string of the molecule is CC(=O)OC(=Cc1ccccc1)c1cccc(OC(C)=O)c1[N+](=O)[O-]. The van der Waals surface area contributed by atoms with E-state index in [1.54, 1.807) is 24.3 Å². The molecule has 7 heteroatoms. The Labute approximate surface area is 143 Å². The van der Waals surface area contributed by atoms with Crippen LogP contribution in [-0.2, 0) is 14.3 Å². The van der Waals surface area contributed by atoms with E-state index in [-0.39, 0.29) is 17.1 Å². The molecule has 0 saturated carbocycles. The van der Waals surface area contributed by atoms with E-state index in [1.165, 1.54) is 31.2 Å². The van der Waals surface area contributed by atoms with E-state index in [9.17, 15) is 19.7 Å². The molecule has 2 aromatic rings. The Morgan fingerprint density at radius 1 is 1.00 bits per heavy atom. The predicted molar refractivity (Wildman–Crippen MR) is 90.5 cm³/mol. The van der Waals surface area contributed by atoms with Crippen molar-refractivity contribution in [1.82, 2.24) is 0 Å². The second-order valence-electron chi connectivity index (χ2n) is 5.02. The minimum Gasteiger partial charge on any atom is -0.426 e. The van der Waals surface area contributed by atoms with Crippen LogP contribution in [0.1, 0.15) is 25.0 Å². The molecule has 2 rings (SSSR count). The quantitative estimate of drug-likeness (QED) is 0.206. The molecule has 0 heterocycles. The van der Waals surface area contributed by atoms with Crippen molar-refractivity contribution in [3.8, 4) is 5.75 Å². The number of esters is 2. The van der Waals surface area contributed by atoms with Gasteiger partial charge in [-0.15, -0.1) is 0 Å². The molecule has 128 valence electrons. The van der Waals surface area contributed by atoms with Gasteiger partial charge in [0.1, 0.15) is 5.76 Å². The smallest absolute Gasteiger partial charge is 0.322 e. The van der Waals surface area contributed by atoms with Crippen LogP contribution in [0.5, 0.6) is 5.75 Å². The molecule has 0 aliphatic carbocycles. The van der Waals surface area contributed by atoms with Crippen molar-refractivity contribution < 1.29 is 24.0 Å². The first-order chi connectivity index (χ1) is 11.9. The highest BCUT2D eigenvalue weighted by atomic mass is 16.6. The van der Waals surface area contributed by atoms with E-state index in [4.69, 9.17) is 9.47 Å². The normalized spacial score (nSPS) is 10.9. The van der Waals surface area contributed by atoms with Gasteiger partial charge >= 0.3 is 17.6 Å². The molecule has 0 atom stereocenters. The first kappa shape index (κ1) is 17.9. The monoisotopic (exact) mass is 341 g/mol. The maximum absolute atomic E-state index is 11.5. The lowest BCUT2D eigenvalue weighted by Gasteiger charge is -2.11. The van der Waals surface area contributed by atoms with Crippen LogP contribution < -0.4 is 4.74 Å². The van der Waals surface area contributed by atoms with Gasteiger partial charge in [-0.1, -0.05) is 36.4 Å². The van der Waals surface area contributed by atoms with Gasteiger partial charge < -0.3 is 9.47 Å². The zero-order chi connectivity index (χ0) is 18.4. The van der Waals surface area contributed by atoms with Gasteiger partial charge in [0, 0.05) is 13.8 Å². The van der Waals surface area contributed by atoms with Crippen LogP contribution in [0, 0.1) is 10.1 Å². The Balaban J connectivity index is 2.64. The van der Waals surface area contributed by atoms with Gasteiger partial charge in [-0.2, -0.15) is 0 Å². The van der Waals surface area contributed by atoms with Gasteiger partial charge in [-0.05, 0) is 23.8 Å². The summed E-state index contributed by atoms with van der Waals surface area (Å²) in [5.74, 6) is -1.56. The zero-order valence-corrected chi connectivity index (χ0v) is 13.6. The average molecular weight is 341 g/mol. The van der Waals surface area contributed by atoms with Crippen molar-refractivity contribution in [2.75, 3.05) is 0 Å². The average Bonchev–Trinajstić information content (AvgIpc) is 2.53. The first-order valence-corrected chi connectivity index (χ1v) is 7.30. The summed E-state index contributed by atoms with van der Waals surface area (Å²) < 4.78 is 10.1. The molecular formula is C18H15NO6. The lowest BCUT2D eigenvalue weighted by Crippen LogP contribution is -2.07. The Morgan fingerprint density at radius 3 is 2.24 bits per heavy atom. The summed E-state index contributed by atoms with van der Waals surface area (Å²) in [6.07, 6.45) is 1.50. The molecule has 0 unspecified atom stereocenters. The molecule has 25 heavy (non-hydrogen) atoms. The molecule has 2 aromatic carbocycles. The van der Waals surface area contributed by atoms with Crippen LogP contribution in [0.15, 0.2) is 48.5 Å². The number of nitro benzene ring substituents is 1. The summed E-state index contributed by atoms with van der Waals surface area (Å²) in [5.41, 5.74) is 0.259. The molecular weight excluding hydrogens is 326 g/mol. The first-order valence-electron chi connectivity index (χ1n) is 7.30. The van der Waals surface area contributed by atoms with Gasteiger partial charge in [0.05, 0.1) is 10.5 Å². The summed E-state index contributed by atoms with van der Waals surface area (Å²) in [7, 11) is 0. The van der Waals surface area contributed by atoms with Crippen molar-refractivity contribution in [2.24, 2.45) is 0 Å². The van der Waals surface area contributed by atoms with Gasteiger partial charge in [0.15, 0.2) is 0 Å². The van der Waals surface area contributed by atoms with E-state index in [0.29, 0.717) is 5.56 Å². The molecule has 0 saturated heterocycles. The van der Waals surface area contributed by atoms with Gasteiger partial charge in [-0.3, -0.25) is 19.7 Å². The number of nitrogens with zero attached hydrogens (tertiary/aromatic N) is 1. The van der Waals surface area contributed by atoms with Crippen LogP contribution in [-0.4, -0.2) is 16.9 Å². The summed E-state index contributed by atoms with van der Waals surface area (Å²) in [5, 5.41) is 11.5. The highest BCUT2D eigenvalue weighted by Crippen LogP contribution is 2.36. The van der Waals surface area contributed by atoms with Gasteiger partial charge in [0.2, 0.25) is 5.75 Å². The summed E-state index contributed by atoms with van der Waals surface area (Å²) >= 11 is 0. The minimum atomic E-state index is -0.693. The molecule has 0 aromatic heterocycles. The van der Waals surface area contributed by atoms with Crippen LogP contribution in [0.4, 0.5) is 5.69 Å². The van der Waals surface area contributed by atoms with Crippen molar-refractivity contribution in [2.45, 2.75) is 13.8 Å². The second kappa shape index (κ2) is 7.87. The van der Waals surface area contributed by atoms with Crippen molar-refractivity contribution >= 4 is 29.5 Å². The lowest BCUT2D eigenvalue weighted by molar-refractivity contribution is -0.386. The Kier molecular flexibility index (Phi) is 5.62. The lowest BCUT2D eigenvalue weighted by atomic mass is 10.1. The van der Waals surface area contributed by atoms with Crippen molar-refractivity contribution in [1.29, 1.82) is 0 Å². The van der Waals surface area contributed by atoms with E-state index < -0.39 is 22.5 Å². The minimum absolute atomic E-state index is 0.0144. The Bertz CT molecular complexity index is 842. The Morgan fingerprint density at radius 2 is 1.68 bits per heavy atom. The summed E-state index contributed by atoms with van der Waals surface area (Å²) in [4.78, 5) is 33.5. The van der Waals surface area contributed by atoms with Crippen LogP contribution in [0.3, 0.4) is 0 Å². The highest BCUT2D eigenvalue weighted by molar-refractivity contribution is 5.88. The van der Waals surface area contributed by atoms with Crippen LogP contribution in [0.2, 0.25) is 0 Å². The predicted octanol–water partition coefficient (Wildman–Crippen LogP) is 3.58. The maximum Gasteiger partial charge on any atom is 0.322 e. The van der Waals surface area contributed by atoms with E-state index >= 15 is 0 Å². The molecule has 0 aliphatic rings.